The van der Waals surface area contributed by atoms with Crippen molar-refractivity contribution in [1.82, 2.24) is 4.98 Å². The number of fused-ring (bicyclic) bond motifs is 1. The molecule has 1 heterocycles. The predicted octanol–water partition coefficient (Wildman–Crippen LogP) is 4.08. The molecular weight excluding hydrogens is 288 g/mol. The van der Waals surface area contributed by atoms with E-state index in [2.05, 4.69) is 4.98 Å². The molecule has 0 aliphatic heterocycles. The molecule has 3 aromatic rings. The molecule has 0 aliphatic carbocycles. The van der Waals surface area contributed by atoms with Gasteiger partial charge in [-0.1, -0.05) is 48.5 Å². The highest BCUT2D eigenvalue weighted by Crippen LogP contribution is 2.33. The van der Waals surface area contributed by atoms with Crippen molar-refractivity contribution in [1.29, 1.82) is 5.41 Å². The number of hydrogen-bond donors (Lipinski definition) is 1. The second-order valence-electron chi connectivity index (χ2n) is 5.00. The predicted molar refractivity (Wildman–Crippen MR) is 91.0 cm³/mol. The molecule has 0 amide bonds. The van der Waals surface area contributed by atoms with Gasteiger partial charge in [0.2, 0.25) is 0 Å². The van der Waals surface area contributed by atoms with Crippen LogP contribution in [0, 0.1) is 5.41 Å². The van der Waals surface area contributed by atoms with E-state index in [4.69, 9.17) is 10.1 Å². The lowest BCUT2D eigenvalue weighted by Gasteiger charge is -2.14. The lowest BCUT2D eigenvalue weighted by molar-refractivity contribution is 0.0527. The Labute approximate surface area is 134 Å². The van der Waals surface area contributed by atoms with Crippen LogP contribution in [0.2, 0.25) is 0 Å². The first kappa shape index (κ1) is 14.9. The normalized spacial score (nSPS) is 10.5. The number of pyridine rings is 1. The number of benzene rings is 2. The van der Waals surface area contributed by atoms with Crippen LogP contribution in [-0.4, -0.2) is 23.8 Å². The minimum Gasteiger partial charge on any atom is -0.462 e. The summed E-state index contributed by atoms with van der Waals surface area (Å²) >= 11 is 0. The number of esters is 1. The standard InChI is InChI=1S/C19H16N2O2/c1-2-23-19(22)18-16(12-20)21-15-11-7-6-10-14(15)17(18)13-8-4-3-5-9-13/h3-12,20H,2H2,1H3. The number of ether oxygens (including phenoxy) is 1. The van der Waals surface area contributed by atoms with Gasteiger partial charge in [0.05, 0.1) is 23.4 Å². The smallest absolute Gasteiger partial charge is 0.341 e. The van der Waals surface area contributed by atoms with E-state index in [1.54, 1.807) is 6.92 Å². The molecule has 0 saturated heterocycles. The summed E-state index contributed by atoms with van der Waals surface area (Å²) in [6, 6.07) is 17.3. The van der Waals surface area contributed by atoms with Crippen molar-refractivity contribution >= 4 is 23.1 Å². The lowest BCUT2D eigenvalue weighted by Crippen LogP contribution is -2.12. The van der Waals surface area contributed by atoms with Gasteiger partial charge in [0, 0.05) is 17.2 Å². The van der Waals surface area contributed by atoms with Crippen molar-refractivity contribution in [3.63, 3.8) is 0 Å². The highest BCUT2D eigenvalue weighted by Gasteiger charge is 2.22. The zero-order chi connectivity index (χ0) is 16.2. The van der Waals surface area contributed by atoms with Gasteiger partial charge in [-0.2, -0.15) is 0 Å². The fraction of sp³-hybridized carbons (Fsp3) is 0.105. The maximum atomic E-state index is 12.5. The van der Waals surface area contributed by atoms with Crippen LogP contribution in [0.25, 0.3) is 22.0 Å². The Kier molecular flexibility index (Phi) is 4.15. The molecule has 23 heavy (non-hydrogen) atoms. The summed E-state index contributed by atoms with van der Waals surface area (Å²) in [4.78, 5) is 16.9. The topological polar surface area (TPSA) is 63.0 Å². The molecule has 4 heteroatoms. The summed E-state index contributed by atoms with van der Waals surface area (Å²) in [6.07, 6.45) is 1.10. The summed E-state index contributed by atoms with van der Waals surface area (Å²) in [7, 11) is 0. The molecule has 0 radical (unpaired) electrons. The van der Waals surface area contributed by atoms with E-state index in [1.807, 2.05) is 54.6 Å². The zero-order valence-corrected chi connectivity index (χ0v) is 12.7. The minimum atomic E-state index is -0.455. The van der Waals surface area contributed by atoms with Crippen LogP contribution in [0.15, 0.2) is 54.6 Å². The molecule has 114 valence electrons. The van der Waals surface area contributed by atoms with E-state index in [-0.39, 0.29) is 6.61 Å². The molecule has 3 rings (SSSR count). The quantitative estimate of drug-likeness (QED) is 0.583. The minimum absolute atomic E-state index is 0.275. The summed E-state index contributed by atoms with van der Waals surface area (Å²) < 4.78 is 5.20. The fourth-order valence-electron chi connectivity index (χ4n) is 2.65. The van der Waals surface area contributed by atoms with Crippen LogP contribution >= 0.6 is 0 Å². The number of aromatic nitrogens is 1. The summed E-state index contributed by atoms with van der Waals surface area (Å²) in [5.74, 6) is -0.455. The molecular formula is C19H16N2O2. The van der Waals surface area contributed by atoms with Gasteiger partial charge in [-0.25, -0.2) is 9.78 Å². The number of carbonyl (C=O) groups excluding carboxylic acids is 1. The number of nitrogens with one attached hydrogen (secondary N) is 1. The Hall–Kier alpha value is -3.01. The second-order valence-corrected chi connectivity index (χ2v) is 5.00. The van der Waals surface area contributed by atoms with Gasteiger partial charge in [-0.3, -0.25) is 0 Å². The van der Waals surface area contributed by atoms with Crippen molar-refractivity contribution in [3.8, 4) is 11.1 Å². The molecule has 0 bridgehead atoms. The van der Waals surface area contributed by atoms with Gasteiger partial charge in [0.25, 0.3) is 0 Å². The largest absolute Gasteiger partial charge is 0.462 e. The first-order valence-corrected chi connectivity index (χ1v) is 7.42. The molecule has 0 aliphatic rings. The molecule has 0 spiro atoms. The van der Waals surface area contributed by atoms with Crippen LogP contribution in [0.1, 0.15) is 23.0 Å². The van der Waals surface area contributed by atoms with Gasteiger partial charge >= 0.3 is 5.97 Å². The summed E-state index contributed by atoms with van der Waals surface area (Å²) in [6.45, 7) is 2.04. The second kappa shape index (κ2) is 6.40. The lowest BCUT2D eigenvalue weighted by atomic mass is 9.94. The third kappa shape index (κ3) is 2.71. The SMILES string of the molecule is CCOC(=O)c1c(C=N)nc2ccccc2c1-c1ccccc1. The maximum Gasteiger partial charge on any atom is 0.341 e. The molecule has 0 saturated carbocycles. The van der Waals surface area contributed by atoms with Crippen molar-refractivity contribution in [2.75, 3.05) is 6.61 Å². The van der Waals surface area contributed by atoms with Crippen LogP contribution in [0.5, 0.6) is 0 Å². The monoisotopic (exact) mass is 304 g/mol. The molecule has 0 fully saturated rings. The molecule has 0 atom stereocenters. The van der Waals surface area contributed by atoms with Crippen molar-refractivity contribution in [2.45, 2.75) is 6.92 Å². The van der Waals surface area contributed by atoms with Gasteiger partial charge in [-0.05, 0) is 18.6 Å². The maximum absolute atomic E-state index is 12.5. The van der Waals surface area contributed by atoms with E-state index in [0.717, 1.165) is 28.2 Å². The van der Waals surface area contributed by atoms with Crippen LogP contribution in [0.3, 0.4) is 0 Å². The van der Waals surface area contributed by atoms with Crippen molar-refractivity contribution in [3.05, 3.63) is 65.9 Å². The number of hydrogen-bond acceptors (Lipinski definition) is 4. The first-order chi connectivity index (χ1) is 11.3. The van der Waals surface area contributed by atoms with Gasteiger partial charge < -0.3 is 10.1 Å². The number of nitrogens with zero attached hydrogens (tertiary/aromatic N) is 1. The average Bonchev–Trinajstić information content (AvgIpc) is 2.60. The molecule has 2 aromatic carbocycles. The Bertz CT molecular complexity index is 873. The highest BCUT2D eigenvalue weighted by atomic mass is 16.5. The third-order valence-corrected chi connectivity index (χ3v) is 3.60. The third-order valence-electron chi connectivity index (χ3n) is 3.60. The Morgan fingerprint density at radius 1 is 1.13 bits per heavy atom. The number of para-hydroxylation sites is 1. The molecule has 1 N–H and O–H groups in total. The molecule has 4 nitrogen and oxygen atoms in total. The highest BCUT2D eigenvalue weighted by molar-refractivity contribution is 6.11. The van der Waals surface area contributed by atoms with Gasteiger partial charge in [0.15, 0.2) is 0 Å². The molecule has 1 aromatic heterocycles. The molecule has 0 unspecified atom stereocenters. The number of carbonyl (C=O) groups is 1. The first-order valence-electron chi connectivity index (χ1n) is 7.42. The van der Waals surface area contributed by atoms with Gasteiger partial charge in [0.1, 0.15) is 0 Å². The Morgan fingerprint density at radius 3 is 2.52 bits per heavy atom. The van der Waals surface area contributed by atoms with Gasteiger partial charge in [-0.15, -0.1) is 0 Å². The van der Waals surface area contributed by atoms with Crippen molar-refractivity contribution < 1.29 is 9.53 Å². The van der Waals surface area contributed by atoms with Crippen LogP contribution in [0.4, 0.5) is 0 Å². The van der Waals surface area contributed by atoms with Crippen LogP contribution < -0.4 is 0 Å². The van der Waals surface area contributed by atoms with E-state index in [1.165, 1.54) is 0 Å². The zero-order valence-electron chi connectivity index (χ0n) is 12.7. The van der Waals surface area contributed by atoms with E-state index in [9.17, 15) is 4.79 Å². The summed E-state index contributed by atoms with van der Waals surface area (Å²) in [5, 5.41) is 8.52. The van der Waals surface area contributed by atoms with Crippen LogP contribution in [-0.2, 0) is 4.74 Å². The van der Waals surface area contributed by atoms with E-state index < -0.39 is 5.97 Å². The summed E-state index contributed by atoms with van der Waals surface area (Å²) in [5.41, 5.74) is 3.07. The van der Waals surface area contributed by atoms with E-state index >= 15 is 0 Å². The Morgan fingerprint density at radius 2 is 1.83 bits per heavy atom. The van der Waals surface area contributed by atoms with E-state index in [0.29, 0.717) is 11.3 Å². The Balaban J connectivity index is 2.42. The fourth-order valence-corrected chi connectivity index (χ4v) is 2.65. The average molecular weight is 304 g/mol. The van der Waals surface area contributed by atoms with Crippen molar-refractivity contribution in [2.24, 2.45) is 0 Å². The number of rotatable bonds is 4.